The molecule has 1 fully saturated rings. The van der Waals surface area contributed by atoms with Gasteiger partial charge in [0.1, 0.15) is 5.76 Å². The van der Waals surface area contributed by atoms with Crippen molar-refractivity contribution in [2.24, 2.45) is 0 Å². The van der Waals surface area contributed by atoms with Gasteiger partial charge in [-0.1, -0.05) is 0 Å². The highest BCUT2D eigenvalue weighted by molar-refractivity contribution is 5.94. The van der Waals surface area contributed by atoms with E-state index < -0.39 is 17.8 Å². The summed E-state index contributed by atoms with van der Waals surface area (Å²) in [5, 5.41) is 5.60. The summed E-state index contributed by atoms with van der Waals surface area (Å²) >= 11 is 0. The van der Waals surface area contributed by atoms with Gasteiger partial charge in [-0.15, -0.1) is 0 Å². The lowest BCUT2D eigenvalue weighted by molar-refractivity contribution is -0.137. The molecule has 1 aromatic carbocycles. The molecule has 1 saturated heterocycles. The Hall–Kier alpha value is -2.81. The third-order valence-corrected chi connectivity index (χ3v) is 5.24. The van der Waals surface area contributed by atoms with Crippen LogP contribution in [0.1, 0.15) is 41.6 Å². The van der Waals surface area contributed by atoms with E-state index in [1.54, 1.807) is 26.0 Å². The standard InChI is InChI=1S/C21H24F3N3O3/c1-13-3-8-18(30-13)20(29)26-17-9-11-27(12-10-17)14(2)19(28)25-16-6-4-15(5-7-16)21(22,23)24/h3-8,14,17H,9-12H2,1-2H3,(H,25,28)(H,26,29). The Labute approximate surface area is 172 Å². The van der Waals surface area contributed by atoms with E-state index >= 15 is 0 Å². The Kier molecular flexibility index (Phi) is 6.50. The molecule has 0 radical (unpaired) electrons. The van der Waals surface area contributed by atoms with Crippen LogP contribution in [0.4, 0.5) is 18.9 Å². The van der Waals surface area contributed by atoms with E-state index in [1.165, 1.54) is 12.1 Å². The minimum Gasteiger partial charge on any atom is -0.456 e. The van der Waals surface area contributed by atoms with Crippen LogP contribution in [0.15, 0.2) is 40.8 Å². The number of alkyl halides is 3. The molecule has 2 N–H and O–H groups in total. The number of hydrogen-bond acceptors (Lipinski definition) is 4. The highest BCUT2D eigenvalue weighted by atomic mass is 19.4. The van der Waals surface area contributed by atoms with Gasteiger partial charge in [0.2, 0.25) is 5.91 Å². The summed E-state index contributed by atoms with van der Waals surface area (Å²) < 4.78 is 43.2. The van der Waals surface area contributed by atoms with E-state index in [1.807, 2.05) is 4.90 Å². The van der Waals surface area contributed by atoms with E-state index in [2.05, 4.69) is 10.6 Å². The third kappa shape index (κ3) is 5.41. The fraction of sp³-hybridized carbons (Fsp3) is 0.429. The number of rotatable bonds is 5. The van der Waals surface area contributed by atoms with Crippen molar-refractivity contribution in [3.05, 3.63) is 53.5 Å². The van der Waals surface area contributed by atoms with Gasteiger partial charge in [0.05, 0.1) is 11.6 Å². The lowest BCUT2D eigenvalue weighted by Gasteiger charge is -2.35. The number of amides is 2. The van der Waals surface area contributed by atoms with E-state index in [4.69, 9.17) is 4.42 Å². The van der Waals surface area contributed by atoms with E-state index in [0.717, 1.165) is 12.1 Å². The highest BCUT2D eigenvalue weighted by Gasteiger charge is 2.31. The number of nitrogens with one attached hydrogen (secondary N) is 2. The Balaban J connectivity index is 1.47. The second kappa shape index (κ2) is 8.91. The van der Waals surface area contributed by atoms with Crippen LogP contribution in [-0.4, -0.2) is 41.9 Å². The average molecular weight is 423 g/mol. The smallest absolute Gasteiger partial charge is 0.416 e. The predicted octanol–water partition coefficient (Wildman–Crippen LogP) is 3.83. The van der Waals surface area contributed by atoms with Crippen molar-refractivity contribution in [1.29, 1.82) is 0 Å². The summed E-state index contributed by atoms with van der Waals surface area (Å²) in [6, 6.07) is 7.27. The summed E-state index contributed by atoms with van der Waals surface area (Å²) in [5.41, 5.74) is -0.446. The number of carbonyl (C=O) groups is 2. The van der Waals surface area contributed by atoms with Crippen molar-refractivity contribution in [3.63, 3.8) is 0 Å². The average Bonchev–Trinajstić information content (AvgIpc) is 3.14. The largest absolute Gasteiger partial charge is 0.456 e. The van der Waals surface area contributed by atoms with E-state index in [9.17, 15) is 22.8 Å². The van der Waals surface area contributed by atoms with Crippen LogP contribution in [-0.2, 0) is 11.0 Å². The van der Waals surface area contributed by atoms with Crippen molar-refractivity contribution in [2.75, 3.05) is 18.4 Å². The molecule has 0 bridgehead atoms. The van der Waals surface area contributed by atoms with Crippen molar-refractivity contribution < 1.29 is 27.2 Å². The van der Waals surface area contributed by atoms with Gasteiger partial charge in [0.25, 0.3) is 5.91 Å². The van der Waals surface area contributed by atoms with Crippen LogP contribution in [0.5, 0.6) is 0 Å². The van der Waals surface area contributed by atoms with Crippen molar-refractivity contribution >= 4 is 17.5 Å². The molecule has 1 aliphatic heterocycles. The van der Waals surface area contributed by atoms with Crippen LogP contribution in [0, 0.1) is 6.92 Å². The zero-order valence-electron chi connectivity index (χ0n) is 16.8. The number of furan rings is 1. The summed E-state index contributed by atoms with van der Waals surface area (Å²) in [7, 11) is 0. The number of benzene rings is 1. The van der Waals surface area contributed by atoms with Gasteiger partial charge in [-0.25, -0.2) is 0 Å². The molecule has 2 heterocycles. The number of likely N-dealkylation sites (tertiary alicyclic amines) is 1. The monoisotopic (exact) mass is 423 g/mol. The van der Waals surface area contributed by atoms with E-state index in [-0.39, 0.29) is 23.6 Å². The van der Waals surface area contributed by atoms with Gasteiger partial charge in [-0.05, 0) is 63.1 Å². The minimum absolute atomic E-state index is 0.00988. The number of carbonyl (C=O) groups excluding carboxylic acids is 2. The van der Waals surface area contributed by atoms with Crippen LogP contribution in [0.2, 0.25) is 0 Å². The fourth-order valence-electron chi connectivity index (χ4n) is 3.40. The minimum atomic E-state index is -4.41. The molecule has 3 rings (SSSR count). The molecule has 1 unspecified atom stereocenters. The quantitative estimate of drug-likeness (QED) is 0.767. The first-order valence-corrected chi connectivity index (χ1v) is 9.73. The number of nitrogens with zero attached hydrogens (tertiary/aromatic N) is 1. The maximum Gasteiger partial charge on any atom is 0.416 e. The summed E-state index contributed by atoms with van der Waals surface area (Å²) in [4.78, 5) is 26.7. The van der Waals surface area contributed by atoms with Crippen LogP contribution in [0.3, 0.4) is 0 Å². The first-order chi connectivity index (χ1) is 14.1. The van der Waals surface area contributed by atoms with Crippen molar-refractivity contribution in [1.82, 2.24) is 10.2 Å². The molecule has 1 aromatic heterocycles. The molecular formula is C21H24F3N3O3. The number of aryl methyl sites for hydroxylation is 1. The Bertz CT molecular complexity index is 885. The summed E-state index contributed by atoms with van der Waals surface area (Å²) in [6.07, 6.45) is -3.04. The van der Waals surface area contributed by atoms with Gasteiger partial charge < -0.3 is 15.1 Å². The van der Waals surface area contributed by atoms with Crippen LogP contribution in [0.25, 0.3) is 0 Å². The molecule has 1 atom stereocenters. The summed E-state index contributed by atoms with van der Waals surface area (Å²) in [6.45, 7) is 4.75. The van der Waals surface area contributed by atoms with Gasteiger partial charge in [0.15, 0.2) is 5.76 Å². The third-order valence-electron chi connectivity index (χ3n) is 5.24. The highest BCUT2D eigenvalue weighted by Crippen LogP contribution is 2.29. The molecule has 2 aromatic rings. The molecule has 30 heavy (non-hydrogen) atoms. The van der Waals surface area contributed by atoms with Gasteiger partial charge in [-0.3, -0.25) is 14.5 Å². The molecule has 162 valence electrons. The predicted molar refractivity (Wildman–Crippen MR) is 105 cm³/mol. The van der Waals surface area contributed by atoms with Crippen molar-refractivity contribution in [3.8, 4) is 0 Å². The van der Waals surface area contributed by atoms with Crippen LogP contribution < -0.4 is 10.6 Å². The zero-order valence-corrected chi connectivity index (χ0v) is 16.8. The zero-order chi connectivity index (χ0) is 21.9. The second-order valence-corrected chi connectivity index (χ2v) is 7.43. The molecule has 0 spiro atoms. The lowest BCUT2D eigenvalue weighted by atomic mass is 10.0. The summed E-state index contributed by atoms with van der Waals surface area (Å²) in [5.74, 6) is 0.403. The first kappa shape index (κ1) is 21.9. The Morgan fingerprint density at radius 3 is 2.27 bits per heavy atom. The lowest BCUT2D eigenvalue weighted by Crippen LogP contribution is -2.50. The molecule has 2 amide bonds. The van der Waals surface area contributed by atoms with Gasteiger partial charge in [0, 0.05) is 24.8 Å². The van der Waals surface area contributed by atoms with E-state index in [0.29, 0.717) is 37.4 Å². The Morgan fingerprint density at radius 1 is 1.10 bits per heavy atom. The topological polar surface area (TPSA) is 74.6 Å². The number of piperidine rings is 1. The molecule has 0 aliphatic carbocycles. The number of halogens is 3. The van der Waals surface area contributed by atoms with Gasteiger partial charge >= 0.3 is 6.18 Å². The molecule has 9 heteroatoms. The first-order valence-electron chi connectivity index (χ1n) is 9.73. The molecule has 1 aliphatic rings. The SMILES string of the molecule is Cc1ccc(C(=O)NC2CCN(C(C)C(=O)Nc3ccc(C(F)(F)F)cc3)CC2)o1. The van der Waals surface area contributed by atoms with Crippen molar-refractivity contribution in [2.45, 2.75) is 44.9 Å². The Morgan fingerprint density at radius 2 is 1.73 bits per heavy atom. The maximum absolute atomic E-state index is 12.6. The fourth-order valence-corrected chi connectivity index (χ4v) is 3.40. The van der Waals surface area contributed by atoms with Crippen LogP contribution >= 0.6 is 0 Å². The molecular weight excluding hydrogens is 399 g/mol. The normalized spacial score (nSPS) is 16.8. The molecule has 6 nitrogen and oxygen atoms in total. The number of anilines is 1. The maximum atomic E-state index is 12.6. The number of hydrogen-bond donors (Lipinski definition) is 2. The molecule has 0 saturated carbocycles. The second-order valence-electron chi connectivity index (χ2n) is 7.43. The van der Waals surface area contributed by atoms with Gasteiger partial charge in [-0.2, -0.15) is 13.2 Å².